The summed E-state index contributed by atoms with van der Waals surface area (Å²) < 4.78 is 0. The first kappa shape index (κ1) is 8.27. The van der Waals surface area contributed by atoms with E-state index in [9.17, 15) is 0 Å². The van der Waals surface area contributed by atoms with Crippen LogP contribution in [0.4, 0.5) is 0 Å². The second kappa shape index (κ2) is 7.27. The van der Waals surface area contributed by atoms with E-state index in [0.29, 0.717) is 6.54 Å². The van der Waals surface area contributed by atoms with E-state index in [4.69, 9.17) is 5.53 Å². The van der Waals surface area contributed by atoms with Gasteiger partial charge in [0.1, 0.15) is 0 Å². The van der Waals surface area contributed by atoms with Crippen molar-refractivity contribution in [3.8, 4) is 0 Å². The van der Waals surface area contributed by atoms with Crippen molar-refractivity contribution in [2.45, 2.75) is 13.3 Å². The minimum absolute atomic E-state index is 0.552. The zero-order valence-electron chi connectivity index (χ0n) is 5.67. The maximum Gasteiger partial charge on any atom is 0.0383 e. The van der Waals surface area contributed by atoms with E-state index >= 15 is 0 Å². The Kier molecular flexibility index (Phi) is 6.68. The van der Waals surface area contributed by atoms with Crippen LogP contribution in [0.1, 0.15) is 13.3 Å². The van der Waals surface area contributed by atoms with Crippen LogP contribution in [0.15, 0.2) is 5.11 Å². The smallest absolute Gasteiger partial charge is 0.0383 e. The summed E-state index contributed by atoms with van der Waals surface area (Å²) in [6.07, 6.45) is 1.12. The number of nitrogens with zero attached hydrogens (tertiary/aromatic N) is 3. The maximum atomic E-state index is 7.85. The Labute approximate surface area is 54.9 Å². The normalized spacial score (nSPS) is 8.56. The van der Waals surface area contributed by atoms with Crippen LogP contribution >= 0.6 is 0 Å². The Morgan fingerprint density at radius 2 is 2.33 bits per heavy atom. The maximum absolute atomic E-state index is 7.85. The molecule has 0 aromatic carbocycles. The summed E-state index contributed by atoms with van der Waals surface area (Å²) >= 11 is 0. The number of nitrogens with one attached hydrogen (secondary N) is 1. The first-order valence-corrected chi connectivity index (χ1v) is 3.13. The molecule has 0 fully saturated rings. The fourth-order valence-electron chi connectivity index (χ4n) is 0.476. The number of azide groups is 1. The highest BCUT2D eigenvalue weighted by Gasteiger charge is 1.79. The molecule has 0 spiro atoms. The lowest BCUT2D eigenvalue weighted by Crippen LogP contribution is -2.17. The van der Waals surface area contributed by atoms with E-state index in [-0.39, 0.29) is 0 Å². The van der Waals surface area contributed by atoms with E-state index in [0.717, 1.165) is 19.5 Å². The van der Waals surface area contributed by atoms with E-state index in [1.54, 1.807) is 0 Å². The van der Waals surface area contributed by atoms with E-state index in [1.165, 1.54) is 0 Å². The molecule has 0 aliphatic heterocycles. The summed E-state index contributed by atoms with van der Waals surface area (Å²) in [7, 11) is 0. The van der Waals surface area contributed by atoms with Crippen LogP contribution in [0, 0.1) is 0 Å². The third-order valence-corrected chi connectivity index (χ3v) is 0.879. The van der Waals surface area contributed by atoms with E-state index < -0.39 is 0 Å². The highest BCUT2D eigenvalue weighted by Crippen LogP contribution is 1.71. The van der Waals surface area contributed by atoms with Crippen LogP contribution in [0.3, 0.4) is 0 Å². The topological polar surface area (TPSA) is 60.8 Å². The summed E-state index contributed by atoms with van der Waals surface area (Å²) in [4.78, 5) is 2.62. The Morgan fingerprint density at radius 3 is 2.89 bits per heavy atom. The number of hydrogen-bond acceptors (Lipinski definition) is 2. The molecule has 0 amide bonds. The molecule has 0 aromatic heterocycles. The van der Waals surface area contributed by atoms with Crippen LogP contribution in [0.5, 0.6) is 0 Å². The average molecular weight is 128 g/mol. The number of rotatable bonds is 5. The molecule has 0 bridgehead atoms. The molecule has 0 saturated heterocycles. The van der Waals surface area contributed by atoms with Crippen LogP contribution in [-0.4, -0.2) is 19.6 Å². The lowest BCUT2D eigenvalue weighted by atomic mass is 10.5. The Balaban J connectivity index is 2.82. The largest absolute Gasteiger partial charge is 0.317 e. The quantitative estimate of drug-likeness (QED) is 0.258. The molecule has 0 aliphatic rings. The van der Waals surface area contributed by atoms with Gasteiger partial charge in [0.15, 0.2) is 0 Å². The van der Waals surface area contributed by atoms with Crippen molar-refractivity contribution in [3.63, 3.8) is 0 Å². The molecule has 0 unspecified atom stereocenters. The summed E-state index contributed by atoms with van der Waals surface area (Å²) in [5, 5.41) is 6.47. The summed E-state index contributed by atoms with van der Waals surface area (Å²) in [5.74, 6) is 0. The molecule has 0 rings (SSSR count). The van der Waals surface area contributed by atoms with Gasteiger partial charge in [-0.3, -0.25) is 0 Å². The summed E-state index contributed by atoms with van der Waals surface area (Å²) in [6.45, 7) is 4.44. The fourth-order valence-corrected chi connectivity index (χ4v) is 0.476. The molecule has 1 N–H and O–H groups in total. The monoisotopic (exact) mass is 128 g/mol. The van der Waals surface area contributed by atoms with Crippen LogP contribution in [0.25, 0.3) is 10.4 Å². The molecule has 0 heterocycles. The van der Waals surface area contributed by atoms with Gasteiger partial charge >= 0.3 is 0 Å². The Morgan fingerprint density at radius 1 is 1.56 bits per heavy atom. The Hall–Kier alpha value is -0.730. The third-order valence-electron chi connectivity index (χ3n) is 0.879. The van der Waals surface area contributed by atoms with Crippen LogP contribution < -0.4 is 5.32 Å². The van der Waals surface area contributed by atoms with Gasteiger partial charge in [-0.15, -0.1) is 0 Å². The highest BCUT2D eigenvalue weighted by atomic mass is 15.1. The first-order chi connectivity index (χ1) is 4.41. The van der Waals surface area contributed by atoms with Gasteiger partial charge in [0.2, 0.25) is 0 Å². The summed E-state index contributed by atoms with van der Waals surface area (Å²) in [6, 6.07) is 0. The van der Waals surface area contributed by atoms with Crippen molar-refractivity contribution in [1.29, 1.82) is 0 Å². The van der Waals surface area contributed by atoms with Gasteiger partial charge in [0.25, 0.3) is 0 Å². The molecule has 4 heteroatoms. The van der Waals surface area contributed by atoms with Gasteiger partial charge in [-0.25, -0.2) is 0 Å². The molecule has 0 radical (unpaired) electrons. The molecular weight excluding hydrogens is 116 g/mol. The van der Waals surface area contributed by atoms with Crippen LogP contribution in [-0.2, 0) is 0 Å². The SMILES string of the molecule is CCCNCCN=[N+]=[N-]. The molecule has 0 atom stereocenters. The van der Waals surface area contributed by atoms with Crippen molar-refractivity contribution in [1.82, 2.24) is 5.32 Å². The van der Waals surface area contributed by atoms with Gasteiger partial charge in [0, 0.05) is 18.0 Å². The molecule has 0 aliphatic carbocycles. The highest BCUT2D eigenvalue weighted by molar-refractivity contribution is 4.50. The van der Waals surface area contributed by atoms with Crippen molar-refractivity contribution < 1.29 is 0 Å². The Bertz CT molecular complexity index is 95.1. The fraction of sp³-hybridized carbons (Fsp3) is 1.00. The zero-order chi connectivity index (χ0) is 6.95. The minimum atomic E-state index is 0.552. The van der Waals surface area contributed by atoms with Crippen LogP contribution in [0.2, 0.25) is 0 Å². The number of hydrogen-bond donors (Lipinski definition) is 1. The van der Waals surface area contributed by atoms with Crippen molar-refractivity contribution in [3.05, 3.63) is 10.4 Å². The van der Waals surface area contributed by atoms with Crippen molar-refractivity contribution >= 4 is 0 Å². The van der Waals surface area contributed by atoms with Crippen molar-refractivity contribution in [2.75, 3.05) is 19.6 Å². The van der Waals surface area contributed by atoms with E-state index in [2.05, 4.69) is 22.3 Å². The lowest BCUT2D eigenvalue weighted by molar-refractivity contribution is 0.677. The van der Waals surface area contributed by atoms with Gasteiger partial charge in [0.05, 0.1) is 0 Å². The molecular formula is C5H12N4. The van der Waals surface area contributed by atoms with Gasteiger partial charge in [-0.05, 0) is 18.5 Å². The standard InChI is InChI=1S/C5H12N4/c1-2-3-7-4-5-8-9-6/h7H,2-5H2,1H3. The second-order valence-electron chi connectivity index (χ2n) is 1.70. The van der Waals surface area contributed by atoms with E-state index in [1.807, 2.05) is 0 Å². The molecule has 4 nitrogen and oxygen atoms in total. The van der Waals surface area contributed by atoms with Crippen molar-refractivity contribution in [2.24, 2.45) is 5.11 Å². The van der Waals surface area contributed by atoms with Gasteiger partial charge in [-0.1, -0.05) is 12.0 Å². The predicted octanol–water partition coefficient (Wildman–Crippen LogP) is 1.30. The molecule has 0 saturated carbocycles. The predicted molar refractivity (Wildman–Crippen MR) is 37.2 cm³/mol. The minimum Gasteiger partial charge on any atom is -0.317 e. The van der Waals surface area contributed by atoms with Gasteiger partial charge in [-0.2, -0.15) is 0 Å². The second-order valence-corrected chi connectivity index (χ2v) is 1.70. The zero-order valence-corrected chi connectivity index (χ0v) is 5.67. The van der Waals surface area contributed by atoms with Gasteiger partial charge < -0.3 is 5.32 Å². The first-order valence-electron chi connectivity index (χ1n) is 3.13. The lowest BCUT2D eigenvalue weighted by Gasteiger charge is -1.95. The molecule has 9 heavy (non-hydrogen) atoms. The third kappa shape index (κ3) is 7.27. The average Bonchev–Trinajstić information content (AvgIpc) is 1.89. The molecule has 0 aromatic rings. The molecule has 52 valence electrons. The summed E-state index contributed by atoms with van der Waals surface area (Å²) in [5.41, 5.74) is 7.85.